The van der Waals surface area contributed by atoms with Crippen LogP contribution in [0.4, 0.5) is 0 Å². The second-order valence-electron chi connectivity index (χ2n) is 3.07. The Balaban J connectivity index is 2.33. The lowest BCUT2D eigenvalue weighted by Gasteiger charge is -2.06. The van der Waals surface area contributed by atoms with Crippen LogP contribution in [0.15, 0.2) is 24.3 Å². The van der Waals surface area contributed by atoms with Gasteiger partial charge in [0.25, 0.3) is 5.91 Å². The highest BCUT2D eigenvalue weighted by molar-refractivity contribution is 6.17. The van der Waals surface area contributed by atoms with E-state index >= 15 is 0 Å². The molecule has 4 nitrogen and oxygen atoms in total. The van der Waals surface area contributed by atoms with E-state index < -0.39 is 0 Å². The number of rotatable bonds is 6. The van der Waals surface area contributed by atoms with Gasteiger partial charge >= 0.3 is 0 Å². The maximum Gasteiger partial charge on any atom is 0.255 e. The van der Waals surface area contributed by atoms with Crippen molar-refractivity contribution in [1.29, 1.82) is 0 Å². The Kier molecular flexibility index (Phi) is 5.67. The molecule has 0 aliphatic carbocycles. The molecule has 0 bridgehead atoms. The number of nitrogens with one attached hydrogen (secondary N) is 1. The summed E-state index contributed by atoms with van der Waals surface area (Å²) in [4.78, 5) is 11.5. The Morgan fingerprint density at radius 3 is 2.81 bits per heavy atom. The smallest absolute Gasteiger partial charge is 0.255 e. The number of aromatic hydroxyl groups is 1. The van der Waals surface area contributed by atoms with Crippen molar-refractivity contribution in [1.82, 2.24) is 5.32 Å². The summed E-state index contributed by atoms with van der Waals surface area (Å²) in [5.41, 5.74) is 0.264. The fourth-order valence-electron chi connectivity index (χ4n) is 1.15. The molecule has 0 unspecified atom stereocenters. The van der Waals surface area contributed by atoms with Gasteiger partial charge in [-0.3, -0.25) is 4.79 Å². The lowest BCUT2D eigenvalue weighted by Crippen LogP contribution is -2.27. The summed E-state index contributed by atoms with van der Waals surface area (Å²) >= 11 is 5.41. The molecule has 0 saturated carbocycles. The Bertz CT molecular complexity index is 344. The molecule has 0 aliphatic heterocycles. The fraction of sp³-hybridized carbons (Fsp3) is 0.364. The molecule has 1 aromatic rings. The van der Waals surface area contributed by atoms with Crippen LogP contribution in [-0.4, -0.2) is 36.7 Å². The Morgan fingerprint density at radius 1 is 1.38 bits per heavy atom. The van der Waals surface area contributed by atoms with E-state index in [-0.39, 0.29) is 17.2 Å². The molecule has 2 N–H and O–H groups in total. The van der Waals surface area contributed by atoms with Crippen LogP contribution in [0.1, 0.15) is 10.4 Å². The molecule has 0 spiro atoms. The van der Waals surface area contributed by atoms with Gasteiger partial charge in [-0.2, -0.15) is 0 Å². The number of hydrogen-bond donors (Lipinski definition) is 2. The van der Waals surface area contributed by atoms with Crippen LogP contribution in [0, 0.1) is 0 Å². The number of alkyl halides is 1. The number of halogens is 1. The van der Waals surface area contributed by atoms with E-state index in [1.807, 2.05) is 0 Å². The first-order valence-corrected chi connectivity index (χ1v) is 5.49. The van der Waals surface area contributed by atoms with Crippen molar-refractivity contribution in [2.45, 2.75) is 0 Å². The van der Waals surface area contributed by atoms with E-state index in [1.165, 1.54) is 6.07 Å². The minimum Gasteiger partial charge on any atom is -0.507 e. The summed E-state index contributed by atoms with van der Waals surface area (Å²) in [7, 11) is 0. The van der Waals surface area contributed by atoms with Crippen molar-refractivity contribution in [2.24, 2.45) is 0 Å². The summed E-state index contributed by atoms with van der Waals surface area (Å²) < 4.78 is 5.09. The Morgan fingerprint density at radius 2 is 2.12 bits per heavy atom. The van der Waals surface area contributed by atoms with E-state index in [9.17, 15) is 9.90 Å². The summed E-state index contributed by atoms with van der Waals surface area (Å²) in [5, 5.41) is 12.0. The third kappa shape index (κ3) is 4.08. The predicted molar refractivity (Wildman–Crippen MR) is 62.0 cm³/mol. The molecule has 16 heavy (non-hydrogen) atoms. The molecule has 1 rings (SSSR count). The molecular weight excluding hydrogens is 230 g/mol. The van der Waals surface area contributed by atoms with Crippen molar-refractivity contribution in [3.63, 3.8) is 0 Å². The van der Waals surface area contributed by atoms with Crippen molar-refractivity contribution >= 4 is 17.5 Å². The fourth-order valence-corrected chi connectivity index (χ4v) is 1.26. The number of ether oxygens (including phenoxy) is 1. The molecule has 0 radical (unpaired) electrons. The third-order valence-corrected chi connectivity index (χ3v) is 2.06. The normalized spacial score (nSPS) is 10.1. The lowest BCUT2D eigenvalue weighted by atomic mass is 10.2. The van der Waals surface area contributed by atoms with Gasteiger partial charge in [0.05, 0.1) is 18.8 Å². The highest BCUT2D eigenvalue weighted by Gasteiger charge is 2.08. The zero-order valence-electron chi connectivity index (χ0n) is 8.78. The first-order chi connectivity index (χ1) is 7.75. The molecular formula is C11H14ClNO3. The first kappa shape index (κ1) is 12.8. The van der Waals surface area contributed by atoms with E-state index in [2.05, 4.69) is 5.32 Å². The van der Waals surface area contributed by atoms with Gasteiger partial charge < -0.3 is 15.2 Å². The van der Waals surface area contributed by atoms with Crippen molar-refractivity contribution in [3.05, 3.63) is 29.8 Å². The van der Waals surface area contributed by atoms with Gasteiger partial charge in [0, 0.05) is 12.4 Å². The second kappa shape index (κ2) is 7.09. The number of phenolic OH excluding ortho intramolecular Hbond substituents is 1. The maximum absolute atomic E-state index is 11.5. The van der Waals surface area contributed by atoms with Crippen LogP contribution in [0.2, 0.25) is 0 Å². The van der Waals surface area contributed by atoms with Gasteiger partial charge in [-0.05, 0) is 12.1 Å². The maximum atomic E-state index is 11.5. The summed E-state index contributed by atoms with van der Waals surface area (Å²) in [6.45, 7) is 1.27. The highest BCUT2D eigenvalue weighted by atomic mass is 35.5. The van der Waals surface area contributed by atoms with E-state index in [4.69, 9.17) is 16.3 Å². The van der Waals surface area contributed by atoms with Gasteiger partial charge in [0.15, 0.2) is 0 Å². The number of phenols is 1. The van der Waals surface area contributed by atoms with Gasteiger partial charge in [-0.25, -0.2) is 0 Å². The zero-order valence-corrected chi connectivity index (χ0v) is 9.54. The van der Waals surface area contributed by atoms with Gasteiger partial charge in [-0.1, -0.05) is 12.1 Å². The van der Waals surface area contributed by atoms with Gasteiger partial charge in [-0.15, -0.1) is 11.6 Å². The number of carbonyl (C=O) groups excluding carboxylic acids is 1. The monoisotopic (exact) mass is 243 g/mol. The first-order valence-electron chi connectivity index (χ1n) is 4.95. The molecule has 0 atom stereocenters. The quantitative estimate of drug-likeness (QED) is 0.586. The molecule has 5 heteroatoms. The minimum absolute atomic E-state index is 0.0262. The van der Waals surface area contributed by atoms with Crippen LogP contribution in [0.5, 0.6) is 5.75 Å². The number of benzene rings is 1. The van der Waals surface area contributed by atoms with Crippen LogP contribution in [0.25, 0.3) is 0 Å². The van der Waals surface area contributed by atoms with E-state index in [0.29, 0.717) is 25.6 Å². The average Bonchev–Trinajstić information content (AvgIpc) is 2.29. The van der Waals surface area contributed by atoms with Crippen molar-refractivity contribution in [3.8, 4) is 5.75 Å². The Hall–Kier alpha value is -1.26. The SMILES string of the molecule is O=C(NCCOCCCl)c1ccccc1O. The molecule has 1 amide bonds. The Labute approximate surface area is 99.2 Å². The minimum atomic E-state index is -0.312. The molecule has 0 heterocycles. The van der Waals surface area contributed by atoms with Crippen LogP contribution in [-0.2, 0) is 4.74 Å². The molecule has 0 aromatic heterocycles. The molecule has 0 fully saturated rings. The summed E-state index contributed by atoms with van der Waals surface area (Å²) in [5.74, 6) is 0.0993. The highest BCUT2D eigenvalue weighted by Crippen LogP contribution is 2.14. The van der Waals surface area contributed by atoms with E-state index in [1.54, 1.807) is 18.2 Å². The van der Waals surface area contributed by atoms with Crippen molar-refractivity contribution in [2.75, 3.05) is 25.6 Å². The largest absolute Gasteiger partial charge is 0.507 e. The number of carbonyl (C=O) groups is 1. The molecule has 1 aromatic carbocycles. The van der Waals surface area contributed by atoms with Crippen LogP contribution in [0.3, 0.4) is 0 Å². The lowest BCUT2D eigenvalue weighted by molar-refractivity contribution is 0.0921. The average molecular weight is 244 g/mol. The van der Waals surface area contributed by atoms with Crippen molar-refractivity contribution < 1.29 is 14.6 Å². The second-order valence-corrected chi connectivity index (χ2v) is 3.45. The number of amides is 1. The molecule has 0 aliphatic rings. The van der Waals surface area contributed by atoms with Gasteiger partial charge in [0.2, 0.25) is 0 Å². The third-order valence-electron chi connectivity index (χ3n) is 1.90. The predicted octanol–water partition coefficient (Wildman–Crippen LogP) is 1.38. The zero-order chi connectivity index (χ0) is 11.8. The van der Waals surface area contributed by atoms with E-state index in [0.717, 1.165) is 0 Å². The molecule has 88 valence electrons. The number of hydrogen-bond acceptors (Lipinski definition) is 3. The van der Waals surface area contributed by atoms with Crippen LogP contribution >= 0.6 is 11.6 Å². The van der Waals surface area contributed by atoms with Gasteiger partial charge in [0.1, 0.15) is 5.75 Å². The van der Waals surface area contributed by atoms with Crippen LogP contribution < -0.4 is 5.32 Å². The summed E-state index contributed by atoms with van der Waals surface area (Å²) in [6, 6.07) is 6.39. The molecule has 0 saturated heterocycles. The standard InChI is InChI=1S/C11H14ClNO3/c12-5-7-16-8-6-13-11(15)9-3-1-2-4-10(9)14/h1-4,14H,5-8H2,(H,13,15). The number of para-hydroxylation sites is 1. The summed E-state index contributed by atoms with van der Waals surface area (Å²) in [6.07, 6.45) is 0. The topological polar surface area (TPSA) is 58.6 Å².